The number of nitrogens with one attached hydrogen (secondary N) is 2. The molecule has 5 rings (SSSR count). The molecule has 16 nitrogen and oxygen atoms in total. The summed E-state index contributed by atoms with van der Waals surface area (Å²) in [5.41, 5.74) is 3.12. The number of likely N-dealkylation sites (tertiary alicyclic amines) is 1. The Kier molecular flexibility index (Phi) is 12.9. The van der Waals surface area contributed by atoms with Crippen molar-refractivity contribution in [1.29, 1.82) is 0 Å². The van der Waals surface area contributed by atoms with Crippen LogP contribution in [0.25, 0.3) is 0 Å². The topological polar surface area (TPSA) is 233 Å². The predicted octanol–water partition coefficient (Wildman–Crippen LogP) is 1.71. The summed E-state index contributed by atoms with van der Waals surface area (Å²) in [4.78, 5) is 69.7. The molecule has 0 bridgehead atoms. The minimum Gasteiger partial charge on any atom is -0.384 e. The fraction of sp³-hybridized carbons (Fsp3) is 0.649. The van der Waals surface area contributed by atoms with E-state index in [-0.39, 0.29) is 54.5 Å². The van der Waals surface area contributed by atoms with E-state index in [2.05, 4.69) is 20.9 Å². The quantitative estimate of drug-likeness (QED) is 0.190. The molecular formula is C37H53N7O9S. The van der Waals surface area contributed by atoms with Crippen molar-refractivity contribution in [2.45, 2.75) is 125 Å². The molecule has 1 saturated heterocycles. The number of ether oxygens (including phenoxy) is 1. The number of aliphatic hydroxyl groups is 1. The summed E-state index contributed by atoms with van der Waals surface area (Å²) in [6.07, 6.45) is 9.02. The maximum atomic E-state index is 14.8. The number of aromatic nitrogens is 3. The van der Waals surface area contributed by atoms with Gasteiger partial charge >= 0.3 is 0 Å². The van der Waals surface area contributed by atoms with E-state index in [1.165, 1.54) is 47.2 Å². The monoisotopic (exact) mass is 771 g/mol. The van der Waals surface area contributed by atoms with Crippen molar-refractivity contribution in [1.82, 2.24) is 30.5 Å². The molecule has 17 heteroatoms. The summed E-state index contributed by atoms with van der Waals surface area (Å²) >= 11 is 0. The number of ketones is 1. The Bertz CT molecular complexity index is 1790. The fourth-order valence-electron chi connectivity index (χ4n) is 8.10. The number of nitrogens with two attached hydrogens (primary N) is 1. The van der Waals surface area contributed by atoms with Crippen molar-refractivity contribution < 1.29 is 42.2 Å². The number of hydrogen-bond acceptors (Lipinski definition) is 11. The second-order valence-electron chi connectivity index (χ2n) is 15.4. The van der Waals surface area contributed by atoms with Gasteiger partial charge < -0.3 is 31.1 Å². The van der Waals surface area contributed by atoms with E-state index in [1.807, 2.05) is 0 Å². The predicted molar refractivity (Wildman–Crippen MR) is 195 cm³/mol. The number of nitrogens with zero attached hydrogens (tertiary/aromatic N) is 4. The van der Waals surface area contributed by atoms with Gasteiger partial charge in [-0.15, -0.1) is 5.10 Å². The molecule has 2 aliphatic carbocycles. The number of carbonyl (C=O) groups excluding carboxylic acids is 5. The summed E-state index contributed by atoms with van der Waals surface area (Å²) in [5, 5.41) is 24.8. The van der Waals surface area contributed by atoms with Crippen molar-refractivity contribution in [3.8, 4) is 0 Å². The van der Waals surface area contributed by atoms with E-state index in [0.717, 1.165) is 38.5 Å². The first kappa shape index (κ1) is 41.0. The molecule has 2 heterocycles. The van der Waals surface area contributed by atoms with Crippen molar-refractivity contribution in [3.05, 3.63) is 41.7 Å². The molecule has 0 unspecified atom stereocenters. The number of benzene rings is 1. The summed E-state index contributed by atoms with van der Waals surface area (Å²) in [5.74, 6) is -3.87. The highest BCUT2D eigenvalue weighted by molar-refractivity contribution is 7.91. The highest BCUT2D eigenvalue weighted by Gasteiger charge is 2.49. The van der Waals surface area contributed by atoms with E-state index in [9.17, 15) is 37.5 Å². The Balaban J connectivity index is 1.47. The molecule has 2 saturated carbocycles. The number of hydrogen-bond donors (Lipinski definition) is 4. The Labute approximate surface area is 315 Å². The lowest BCUT2D eigenvalue weighted by molar-refractivity contribution is -0.145. The van der Waals surface area contributed by atoms with E-state index >= 15 is 0 Å². The Morgan fingerprint density at radius 1 is 1.04 bits per heavy atom. The third-order valence-electron chi connectivity index (χ3n) is 11.1. The van der Waals surface area contributed by atoms with Gasteiger partial charge in [0, 0.05) is 25.6 Å². The third-order valence-corrected chi connectivity index (χ3v) is 12.8. The molecule has 3 fully saturated rings. The van der Waals surface area contributed by atoms with Crippen LogP contribution in [0.15, 0.2) is 35.4 Å². The minimum absolute atomic E-state index is 0.0182. The van der Waals surface area contributed by atoms with Gasteiger partial charge in [0.15, 0.2) is 9.84 Å². The third kappa shape index (κ3) is 9.34. The smallest absolute Gasteiger partial charge is 0.287 e. The van der Waals surface area contributed by atoms with Gasteiger partial charge in [-0.2, -0.15) is 0 Å². The van der Waals surface area contributed by atoms with Crippen LogP contribution < -0.4 is 16.4 Å². The van der Waals surface area contributed by atoms with E-state index < -0.39 is 68.5 Å². The van der Waals surface area contributed by atoms with E-state index in [0.29, 0.717) is 25.0 Å². The number of primary amides is 1. The number of carbonyl (C=O) groups is 5. The van der Waals surface area contributed by atoms with Crippen LogP contribution in [-0.4, -0.2) is 106 Å². The first-order valence-corrected chi connectivity index (χ1v) is 20.4. The second kappa shape index (κ2) is 17.1. The zero-order chi connectivity index (χ0) is 39.3. The lowest BCUT2D eigenvalue weighted by Gasteiger charge is -2.38. The van der Waals surface area contributed by atoms with Crippen LogP contribution in [0.3, 0.4) is 0 Å². The molecule has 1 aromatic carbocycles. The Hall–Kier alpha value is -4.22. The Morgan fingerprint density at radius 2 is 1.69 bits per heavy atom. The van der Waals surface area contributed by atoms with Gasteiger partial charge in [0.2, 0.25) is 17.6 Å². The minimum atomic E-state index is -3.64. The molecule has 296 valence electrons. The zero-order valence-electron chi connectivity index (χ0n) is 31.3. The first-order valence-electron chi connectivity index (χ1n) is 18.8. The number of Topliss-reactive ketones (excluding diaryl/α,β-unsaturated/α-hetero) is 1. The molecule has 3 atom stereocenters. The van der Waals surface area contributed by atoms with Gasteiger partial charge in [0.05, 0.1) is 35.2 Å². The molecule has 54 heavy (non-hydrogen) atoms. The highest BCUT2D eigenvalue weighted by Crippen LogP contribution is 2.35. The SMILES string of the molecule is COCCS(=O)(=O)c1ccc(C(=O)N[C@H](CC2CCCCC2)C(=O)N2C[C@@H](n3nncc3C(C)(C)O)C[C@H]2C(=O)NC2(C(=O)C(N)=O)CCCCC2)cc1. The molecular weight excluding hydrogens is 719 g/mol. The van der Waals surface area contributed by atoms with E-state index in [4.69, 9.17) is 10.5 Å². The van der Waals surface area contributed by atoms with Crippen LogP contribution >= 0.6 is 0 Å². The van der Waals surface area contributed by atoms with Gasteiger partial charge in [0.1, 0.15) is 23.2 Å². The molecule has 4 amide bonds. The number of amides is 4. The molecule has 2 aromatic rings. The normalized spacial score (nSPS) is 21.3. The molecule has 1 aromatic heterocycles. The number of rotatable bonds is 15. The molecule has 3 aliphatic rings. The van der Waals surface area contributed by atoms with Crippen LogP contribution in [0.5, 0.6) is 0 Å². The summed E-state index contributed by atoms with van der Waals surface area (Å²) in [6.45, 7) is 3.14. The van der Waals surface area contributed by atoms with Crippen LogP contribution in [0.4, 0.5) is 0 Å². The van der Waals surface area contributed by atoms with Crippen LogP contribution in [-0.2, 0) is 39.4 Å². The van der Waals surface area contributed by atoms with Gasteiger partial charge in [-0.25, -0.2) is 13.1 Å². The molecule has 0 spiro atoms. The maximum absolute atomic E-state index is 14.8. The molecule has 1 aliphatic heterocycles. The lowest BCUT2D eigenvalue weighted by Crippen LogP contribution is -2.62. The van der Waals surface area contributed by atoms with Crippen LogP contribution in [0, 0.1) is 5.92 Å². The Morgan fingerprint density at radius 3 is 2.30 bits per heavy atom. The van der Waals surface area contributed by atoms with E-state index in [1.54, 1.807) is 13.8 Å². The average Bonchev–Trinajstić information content (AvgIpc) is 3.83. The lowest BCUT2D eigenvalue weighted by atomic mass is 9.78. The van der Waals surface area contributed by atoms with Crippen molar-refractivity contribution >= 4 is 39.2 Å². The summed E-state index contributed by atoms with van der Waals surface area (Å²) in [7, 11) is -2.23. The largest absolute Gasteiger partial charge is 0.384 e. The number of sulfone groups is 1. The van der Waals surface area contributed by atoms with Gasteiger partial charge in [-0.3, -0.25) is 24.0 Å². The summed E-state index contributed by atoms with van der Waals surface area (Å²) < 4.78 is 31.7. The van der Waals surface area contributed by atoms with Crippen molar-refractivity contribution in [2.24, 2.45) is 11.7 Å². The zero-order valence-corrected chi connectivity index (χ0v) is 32.1. The van der Waals surface area contributed by atoms with Crippen LogP contribution in [0.2, 0.25) is 0 Å². The van der Waals surface area contributed by atoms with Gasteiger partial charge in [-0.1, -0.05) is 56.6 Å². The first-order chi connectivity index (χ1) is 25.6. The van der Waals surface area contributed by atoms with Crippen molar-refractivity contribution in [2.75, 3.05) is 26.0 Å². The molecule has 0 radical (unpaired) electrons. The van der Waals surface area contributed by atoms with Gasteiger partial charge in [-0.05, 0) is 63.3 Å². The standard InChI is InChI=1S/C37H53N7O9S/c1-36(2,50)30-22-39-42-44(30)26-21-29(34(48)41-37(31(45)32(38)46)16-8-5-9-17-37)43(23-26)35(49)28(20-24-10-6-4-7-11-24)40-33(47)25-12-14-27(15-13-25)54(51,52)19-18-53-3/h12-15,22,24,26,28-29,50H,4-11,16-21,23H2,1-3H3,(H2,38,46)(H,40,47)(H,41,48)/t26-,28+,29-/m0/s1. The van der Waals surface area contributed by atoms with Crippen molar-refractivity contribution in [3.63, 3.8) is 0 Å². The summed E-state index contributed by atoms with van der Waals surface area (Å²) in [6, 6.07) is 2.67. The van der Waals surface area contributed by atoms with Crippen LogP contribution in [0.1, 0.15) is 113 Å². The average molecular weight is 772 g/mol. The molecule has 5 N–H and O–H groups in total. The van der Waals surface area contributed by atoms with Gasteiger partial charge in [0.25, 0.3) is 11.8 Å². The fourth-order valence-corrected chi connectivity index (χ4v) is 9.27. The number of methoxy groups -OCH3 is 1. The second-order valence-corrected chi connectivity index (χ2v) is 17.6. The highest BCUT2D eigenvalue weighted by atomic mass is 32.2. The maximum Gasteiger partial charge on any atom is 0.287 e.